The zero-order chi connectivity index (χ0) is 19.1. The third-order valence-corrected chi connectivity index (χ3v) is 5.79. The van der Waals surface area contributed by atoms with E-state index in [1.165, 1.54) is 11.4 Å². The molecule has 1 fully saturated rings. The number of anilines is 2. The van der Waals surface area contributed by atoms with Crippen molar-refractivity contribution >= 4 is 56.4 Å². The smallest absolute Gasteiger partial charge is 0.0737 e. The topological polar surface area (TPSA) is 32.3 Å². The zero-order valence-electron chi connectivity index (χ0n) is 15.1. The first-order valence-electron chi connectivity index (χ1n) is 9.27. The van der Waals surface area contributed by atoms with Crippen molar-refractivity contribution in [1.82, 2.24) is 9.97 Å². The molecular formula is C22H18Cl2N4. The van der Waals surface area contributed by atoms with Crippen LogP contribution >= 0.6 is 23.2 Å². The summed E-state index contributed by atoms with van der Waals surface area (Å²) in [6.07, 6.45) is 3.72. The normalized spacial score (nSPS) is 14.8. The quantitative estimate of drug-likeness (QED) is 0.443. The molecule has 0 unspecified atom stereocenters. The Labute approximate surface area is 173 Å². The van der Waals surface area contributed by atoms with E-state index in [1.807, 2.05) is 36.7 Å². The van der Waals surface area contributed by atoms with Crippen molar-refractivity contribution in [1.29, 1.82) is 0 Å². The molecule has 0 radical (unpaired) electrons. The molecule has 28 heavy (non-hydrogen) atoms. The number of benzene rings is 2. The summed E-state index contributed by atoms with van der Waals surface area (Å²) < 4.78 is 0. The van der Waals surface area contributed by atoms with Crippen molar-refractivity contribution in [3.63, 3.8) is 0 Å². The third-order valence-electron chi connectivity index (χ3n) is 5.32. The van der Waals surface area contributed by atoms with Gasteiger partial charge in [0.25, 0.3) is 0 Å². The second-order valence-electron chi connectivity index (χ2n) is 6.96. The summed E-state index contributed by atoms with van der Waals surface area (Å²) in [7, 11) is 0. The highest BCUT2D eigenvalue weighted by atomic mass is 35.5. The predicted molar refractivity (Wildman–Crippen MR) is 118 cm³/mol. The first-order valence-corrected chi connectivity index (χ1v) is 10.0. The third kappa shape index (κ3) is 3.13. The van der Waals surface area contributed by atoms with E-state index < -0.39 is 0 Å². The van der Waals surface area contributed by atoms with Gasteiger partial charge < -0.3 is 9.80 Å². The second-order valence-corrected chi connectivity index (χ2v) is 7.83. The van der Waals surface area contributed by atoms with Crippen LogP contribution in [0, 0.1) is 0 Å². The summed E-state index contributed by atoms with van der Waals surface area (Å²) in [6.45, 7) is 3.77. The summed E-state index contributed by atoms with van der Waals surface area (Å²) in [5.41, 5.74) is 4.30. The minimum absolute atomic E-state index is 0.714. The van der Waals surface area contributed by atoms with E-state index in [2.05, 4.69) is 44.0 Å². The van der Waals surface area contributed by atoms with E-state index in [4.69, 9.17) is 23.2 Å². The Morgan fingerprint density at radius 2 is 1.04 bits per heavy atom. The Morgan fingerprint density at radius 3 is 1.46 bits per heavy atom. The lowest BCUT2D eigenvalue weighted by Crippen LogP contribution is -2.46. The van der Waals surface area contributed by atoms with E-state index >= 15 is 0 Å². The molecule has 4 aromatic rings. The highest BCUT2D eigenvalue weighted by Crippen LogP contribution is 2.31. The molecule has 3 heterocycles. The summed E-state index contributed by atoms with van der Waals surface area (Å²) in [6, 6.07) is 16.0. The lowest BCUT2D eigenvalue weighted by Gasteiger charge is -2.38. The van der Waals surface area contributed by atoms with Crippen LogP contribution < -0.4 is 9.80 Å². The largest absolute Gasteiger partial charge is 0.367 e. The number of hydrogen-bond donors (Lipinski definition) is 0. The first kappa shape index (κ1) is 17.5. The van der Waals surface area contributed by atoms with Crippen LogP contribution in [0.15, 0.2) is 60.9 Å². The van der Waals surface area contributed by atoms with Crippen LogP contribution in [0.25, 0.3) is 21.8 Å². The van der Waals surface area contributed by atoms with Gasteiger partial charge in [-0.25, -0.2) is 0 Å². The molecule has 0 amide bonds. The van der Waals surface area contributed by atoms with Crippen molar-refractivity contribution in [3.8, 4) is 0 Å². The molecule has 1 aliphatic rings. The van der Waals surface area contributed by atoms with Crippen LogP contribution in [-0.4, -0.2) is 36.1 Å². The molecule has 0 spiro atoms. The fraction of sp³-hybridized carbons (Fsp3) is 0.182. The molecular weight excluding hydrogens is 391 g/mol. The lowest BCUT2D eigenvalue weighted by molar-refractivity contribution is 0.656. The Balaban J connectivity index is 1.42. The van der Waals surface area contributed by atoms with E-state index in [0.717, 1.165) is 48.0 Å². The van der Waals surface area contributed by atoms with Gasteiger partial charge in [0.15, 0.2) is 0 Å². The number of piperazine rings is 1. The maximum Gasteiger partial charge on any atom is 0.0737 e. The fourth-order valence-electron chi connectivity index (χ4n) is 3.95. The maximum atomic E-state index is 6.13. The molecule has 6 heteroatoms. The van der Waals surface area contributed by atoms with Gasteiger partial charge in [-0.2, -0.15) is 0 Å². The number of halogens is 2. The van der Waals surface area contributed by atoms with Gasteiger partial charge in [0, 0.05) is 70.8 Å². The van der Waals surface area contributed by atoms with Gasteiger partial charge in [-0.3, -0.25) is 9.97 Å². The number of hydrogen-bond acceptors (Lipinski definition) is 4. The van der Waals surface area contributed by atoms with Crippen molar-refractivity contribution in [2.45, 2.75) is 0 Å². The number of fused-ring (bicyclic) bond motifs is 2. The summed E-state index contributed by atoms with van der Waals surface area (Å²) in [5, 5.41) is 3.71. The van der Waals surface area contributed by atoms with E-state index in [1.54, 1.807) is 0 Å². The SMILES string of the molecule is Clc1ccc2c(N3CCN(c4ccnc5cc(Cl)ccc45)CC3)ccnc2c1. The monoisotopic (exact) mass is 408 g/mol. The van der Waals surface area contributed by atoms with Gasteiger partial charge in [0.1, 0.15) is 0 Å². The minimum Gasteiger partial charge on any atom is -0.367 e. The van der Waals surface area contributed by atoms with Gasteiger partial charge in [-0.05, 0) is 48.5 Å². The Hall–Kier alpha value is -2.56. The van der Waals surface area contributed by atoms with Crippen molar-refractivity contribution < 1.29 is 0 Å². The Kier molecular flexibility index (Phi) is 4.46. The number of pyridine rings is 2. The fourth-order valence-corrected chi connectivity index (χ4v) is 4.28. The van der Waals surface area contributed by atoms with Crippen LogP contribution in [0.2, 0.25) is 10.0 Å². The highest BCUT2D eigenvalue weighted by molar-refractivity contribution is 6.31. The molecule has 0 saturated carbocycles. The Morgan fingerprint density at radius 1 is 0.607 bits per heavy atom. The number of nitrogens with zero attached hydrogens (tertiary/aromatic N) is 4. The second kappa shape index (κ2) is 7.12. The summed E-state index contributed by atoms with van der Waals surface area (Å²) in [4.78, 5) is 13.8. The number of rotatable bonds is 2. The molecule has 0 aliphatic carbocycles. The average Bonchev–Trinajstić information content (AvgIpc) is 2.72. The van der Waals surface area contributed by atoms with Gasteiger partial charge >= 0.3 is 0 Å². The van der Waals surface area contributed by atoms with E-state index in [0.29, 0.717) is 10.0 Å². The molecule has 4 nitrogen and oxygen atoms in total. The van der Waals surface area contributed by atoms with E-state index in [9.17, 15) is 0 Å². The standard InChI is InChI=1S/C22H18Cl2N4/c23-15-1-3-17-19(13-15)25-7-5-21(17)27-9-11-28(12-10-27)22-6-8-26-20-14-16(24)2-4-18(20)22/h1-8,13-14H,9-12H2. The molecule has 2 aromatic carbocycles. The summed E-state index contributed by atoms with van der Waals surface area (Å²) in [5.74, 6) is 0. The molecule has 0 N–H and O–H groups in total. The molecule has 1 saturated heterocycles. The highest BCUT2D eigenvalue weighted by Gasteiger charge is 2.20. The van der Waals surface area contributed by atoms with Gasteiger partial charge in [-0.15, -0.1) is 0 Å². The summed E-state index contributed by atoms with van der Waals surface area (Å²) >= 11 is 12.3. The molecule has 2 aromatic heterocycles. The molecule has 0 atom stereocenters. The van der Waals surface area contributed by atoms with Crippen molar-refractivity contribution in [2.75, 3.05) is 36.0 Å². The average molecular weight is 409 g/mol. The maximum absolute atomic E-state index is 6.13. The van der Waals surface area contributed by atoms with E-state index in [-0.39, 0.29) is 0 Å². The molecule has 1 aliphatic heterocycles. The molecule has 0 bridgehead atoms. The van der Waals surface area contributed by atoms with Crippen LogP contribution in [0.5, 0.6) is 0 Å². The minimum atomic E-state index is 0.714. The van der Waals surface area contributed by atoms with Crippen molar-refractivity contribution in [2.24, 2.45) is 0 Å². The van der Waals surface area contributed by atoms with Crippen LogP contribution in [0.4, 0.5) is 11.4 Å². The zero-order valence-corrected chi connectivity index (χ0v) is 16.7. The lowest BCUT2D eigenvalue weighted by atomic mass is 10.1. The van der Waals surface area contributed by atoms with Gasteiger partial charge in [-0.1, -0.05) is 23.2 Å². The first-order chi connectivity index (χ1) is 13.7. The van der Waals surface area contributed by atoms with Crippen molar-refractivity contribution in [3.05, 3.63) is 71.0 Å². The van der Waals surface area contributed by atoms with Crippen LogP contribution in [0.1, 0.15) is 0 Å². The predicted octanol–water partition coefficient (Wildman–Crippen LogP) is 5.42. The van der Waals surface area contributed by atoms with Crippen LogP contribution in [-0.2, 0) is 0 Å². The van der Waals surface area contributed by atoms with Gasteiger partial charge in [0.05, 0.1) is 11.0 Å². The Bertz CT molecular complexity index is 1080. The molecule has 140 valence electrons. The van der Waals surface area contributed by atoms with Crippen LogP contribution in [0.3, 0.4) is 0 Å². The number of aromatic nitrogens is 2. The molecule has 5 rings (SSSR count). The van der Waals surface area contributed by atoms with Gasteiger partial charge in [0.2, 0.25) is 0 Å².